The van der Waals surface area contributed by atoms with Crippen molar-refractivity contribution in [2.45, 2.75) is 6.42 Å². The predicted octanol–water partition coefficient (Wildman–Crippen LogP) is 2.43. The SMILES string of the molecule is N#CN(CCCI)C(=O)c1ccccc1. The van der Waals surface area contributed by atoms with Crippen molar-refractivity contribution in [2.75, 3.05) is 11.0 Å². The van der Waals surface area contributed by atoms with E-state index in [9.17, 15) is 4.79 Å². The highest BCUT2D eigenvalue weighted by atomic mass is 127. The first-order valence-electron chi connectivity index (χ1n) is 4.62. The molecule has 1 amide bonds. The van der Waals surface area contributed by atoms with Crippen molar-refractivity contribution < 1.29 is 4.79 Å². The van der Waals surface area contributed by atoms with Gasteiger partial charge in [0, 0.05) is 16.5 Å². The number of halogens is 1. The van der Waals surface area contributed by atoms with E-state index in [1.54, 1.807) is 24.3 Å². The summed E-state index contributed by atoms with van der Waals surface area (Å²) in [6.07, 6.45) is 2.76. The molecule has 0 saturated heterocycles. The highest BCUT2D eigenvalue weighted by Gasteiger charge is 2.13. The maximum atomic E-state index is 11.8. The number of amides is 1. The van der Waals surface area contributed by atoms with E-state index in [4.69, 9.17) is 5.26 Å². The molecule has 78 valence electrons. The summed E-state index contributed by atoms with van der Waals surface area (Å²) in [7, 11) is 0. The Morgan fingerprint density at radius 3 is 2.60 bits per heavy atom. The maximum Gasteiger partial charge on any atom is 0.266 e. The van der Waals surface area contributed by atoms with E-state index >= 15 is 0 Å². The van der Waals surface area contributed by atoms with E-state index in [2.05, 4.69) is 22.6 Å². The predicted molar refractivity (Wildman–Crippen MR) is 66.6 cm³/mol. The van der Waals surface area contributed by atoms with Gasteiger partial charge in [-0.2, -0.15) is 5.26 Å². The molecule has 0 bridgehead atoms. The average molecular weight is 314 g/mol. The molecule has 0 spiro atoms. The monoisotopic (exact) mass is 314 g/mol. The molecule has 3 nitrogen and oxygen atoms in total. The number of carbonyl (C=O) groups is 1. The lowest BCUT2D eigenvalue weighted by atomic mass is 10.2. The summed E-state index contributed by atoms with van der Waals surface area (Å²) in [5.74, 6) is -0.219. The molecule has 1 aromatic rings. The Morgan fingerprint density at radius 2 is 2.07 bits per heavy atom. The van der Waals surface area contributed by atoms with Crippen molar-refractivity contribution in [2.24, 2.45) is 0 Å². The normalized spacial score (nSPS) is 9.33. The molecule has 0 aliphatic heterocycles. The molecular weight excluding hydrogens is 303 g/mol. The van der Waals surface area contributed by atoms with Crippen LogP contribution in [0, 0.1) is 11.5 Å². The average Bonchev–Trinajstić information content (AvgIpc) is 2.31. The Bertz CT molecular complexity index is 359. The van der Waals surface area contributed by atoms with E-state index in [1.165, 1.54) is 4.90 Å². The van der Waals surface area contributed by atoms with Crippen LogP contribution in [0.5, 0.6) is 0 Å². The van der Waals surface area contributed by atoms with Crippen LogP contribution in [0.15, 0.2) is 30.3 Å². The van der Waals surface area contributed by atoms with E-state index in [0.29, 0.717) is 12.1 Å². The lowest BCUT2D eigenvalue weighted by molar-refractivity contribution is 0.0833. The molecule has 0 aromatic heterocycles. The van der Waals surface area contributed by atoms with Gasteiger partial charge in [0.25, 0.3) is 5.91 Å². The zero-order valence-electron chi connectivity index (χ0n) is 8.19. The zero-order chi connectivity index (χ0) is 11.1. The molecule has 4 heteroatoms. The first-order valence-corrected chi connectivity index (χ1v) is 6.14. The standard InChI is InChI=1S/C11H11IN2O/c12-7-4-8-14(9-13)11(15)10-5-2-1-3-6-10/h1-3,5-6H,4,7-8H2. The van der Waals surface area contributed by atoms with E-state index in [-0.39, 0.29) is 5.91 Å². The molecule has 1 aromatic carbocycles. The fourth-order valence-corrected chi connectivity index (χ4v) is 1.49. The van der Waals surface area contributed by atoms with Gasteiger partial charge < -0.3 is 0 Å². The highest BCUT2D eigenvalue weighted by Crippen LogP contribution is 2.04. The molecule has 15 heavy (non-hydrogen) atoms. The van der Waals surface area contributed by atoms with Crippen LogP contribution >= 0.6 is 22.6 Å². The molecular formula is C11H11IN2O. The van der Waals surface area contributed by atoms with E-state index < -0.39 is 0 Å². The van der Waals surface area contributed by atoms with Crippen LogP contribution in [0.1, 0.15) is 16.8 Å². The van der Waals surface area contributed by atoms with Gasteiger partial charge in [0.05, 0.1) is 0 Å². The second-order valence-corrected chi connectivity index (χ2v) is 4.04. The number of nitriles is 1. The van der Waals surface area contributed by atoms with Gasteiger partial charge in [0.2, 0.25) is 0 Å². The highest BCUT2D eigenvalue weighted by molar-refractivity contribution is 14.1. The lowest BCUT2D eigenvalue weighted by Gasteiger charge is -2.12. The summed E-state index contributed by atoms with van der Waals surface area (Å²) in [4.78, 5) is 13.0. The van der Waals surface area contributed by atoms with E-state index in [0.717, 1.165) is 10.8 Å². The molecule has 0 heterocycles. The molecule has 1 rings (SSSR count). The second-order valence-electron chi connectivity index (χ2n) is 2.97. The molecule has 0 aliphatic rings. The smallest absolute Gasteiger partial charge is 0.266 e. The van der Waals surface area contributed by atoms with Crippen molar-refractivity contribution in [3.8, 4) is 6.19 Å². The third-order valence-corrected chi connectivity index (χ3v) is 2.66. The van der Waals surface area contributed by atoms with Gasteiger partial charge in [0.15, 0.2) is 6.19 Å². The van der Waals surface area contributed by atoms with Gasteiger partial charge in [-0.05, 0) is 18.6 Å². The molecule has 0 fully saturated rings. The molecule has 0 atom stereocenters. The Morgan fingerprint density at radius 1 is 1.40 bits per heavy atom. The summed E-state index contributed by atoms with van der Waals surface area (Å²) >= 11 is 2.23. The quantitative estimate of drug-likeness (QED) is 0.371. The summed E-state index contributed by atoms with van der Waals surface area (Å²) in [6, 6.07) is 8.87. The summed E-state index contributed by atoms with van der Waals surface area (Å²) < 4.78 is 0.942. The number of benzene rings is 1. The largest absolute Gasteiger partial charge is 0.268 e. The van der Waals surface area contributed by atoms with Crippen LogP contribution in [0.3, 0.4) is 0 Å². The molecule has 0 saturated carbocycles. The Labute approximate surface area is 103 Å². The second kappa shape index (κ2) is 6.40. The van der Waals surface area contributed by atoms with Gasteiger partial charge in [-0.3, -0.25) is 4.79 Å². The van der Waals surface area contributed by atoms with E-state index in [1.807, 2.05) is 12.3 Å². The van der Waals surface area contributed by atoms with Crippen molar-refractivity contribution in [3.05, 3.63) is 35.9 Å². The Hall–Kier alpha value is -1.09. The molecule has 0 radical (unpaired) electrons. The van der Waals surface area contributed by atoms with Crippen LogP contribution < -0.4 is 0 Å². The minimum atomic E-state index is -0.219. The van der Waals surface area contributed by atoms with Gasteiger partial charge in [0.1, 0.15) is 0 Å². The first-order chi connectivity index (χ1) is 7.29. The number of hydrogen-bond donors (Lipinski definition) is 0. The van der Waals surface area contributed by atoms with Gasteiger partial charge in [-0.15, -0.1) is 0 Å². The van der Waals surface area contributed by atoms with Gasteiger partial charge >= 0.3 is 0 Å². The Balaban J connectivity index is 2.70. The summed E-state index contributed by atoms with van der Waals surface area (Å²) in [5, 5.41) is 8.84. The molecule has 0 unspecified atom stereocenters. The number of rotatable bonds is 4. The fraction of sp³-hybridized carbons (Fsp3) is 0.273. The van der Waals surface area contributed by atoms with Crippen LogP contribution in [0.4, 0.5) is 0 Å². The van der Waals surface area contributed by atoms with Crippen LogP contribution in [-0.4, -0.2) is 21.8 Å². The Kier molecular flexibility index (Phi) is 5.12. The minimum Gasteiger partial charge on any atom is -0.268 e. The van der Waals surface area contributed by atoms with Crippen molar-refractivity contribution >= 4 is 28.5 Å². The fourth-order valence-electron chi connectivity index (χ4n) is 1.15. The minimum absolute atomic E-state index is 0.219. The van der Waals surface area contributed by atoms with Crippen molar-refractivity contribution in [3.63, 3.8) is 0 Å². The number of alkyl halides is 1. The third kappa shape index (κ3) is 3.51. The first kappa shape index (κ1) is 12.0. The number of carbonyl (C=O) groups excluding carboxylic acids is 1. The number of nitrogens with zero attached hydrogens (tertiary/aromatic N) is 2. The maximum absolute atomic E-state index is 11.8. The van der Waals surface area contributed by atoms with Gasteiger partial charge in [-0.1, -0.05) is 40.8 Å². The van der Waals surface area contributed by atoms with Crippen LogP contribution in [-0.2, 0) is 0 Å². The third-order valence-electron chi connectivity index (χ3n) is 1.90. The van der Waals surface area contributed by atoms with Gasteiger partial charge in [-0.25, -0.2) is 4.90 Å². The zero-order valence-corrected chi connectivity index (χ0v) is 10.3. The van der Waals surface area contributed by atoms with Crippen molar-refractivity contribution in [1.29, 1.82) is 5.26 Å². The molecule has 0 N–H and O–H groups in total. The van der Waals surface area contributed by atoms with Crippen LogP contribution in [0.25, 0.3) is 0 Å². The summed E-state index contributed by atoms with van der Waals surface area (Å²) in [5.41, 5.74) is 0.563. The van der Waals surface area contributed by atoms with Crippen LogP contribution in [0.2, 0.25) is 0 Å². The van der Waals surface area contributed by atoms with Crippen molar-refractivity contribution in [1.82, 2.24) is 4.90 Å². The number of hydrogen-bond acceptors (Lipinski definition) is 2. The lowest BCUT2D eigenvalue weighted by Crippen LogP contribution is -2.27. The molecule has 0 aliphatic carbocycles. The topological polar surface area (TPSA) is 44.1 Å². The summed E-state index contributed by atoms with van der Waals surface area (Å²) in [6.45, 7) is 0.493.